The number of carbonyl (C=O) groups is 2. The number of ether oxygens (including phenoxy) is 1. The Kier molecular flexibility index (Phi) is 5.43. The quantitative estimate of drug-likeness (QED) is 0.621. The Morgan fingerprint density at radius 2 is 2.00 bits per heavy atom. The Morgan fingerprint density at radius 1 is 1.29 bits per heavy atom. The van der Waals surface area contributed by atoms with Gasteiger partial charge < -0.3 is 10.5 Å². The van der Waals surface area contributed by atoms with E-state index in [2.05, 4.69) is 4.99 Å². The van der Waals surface area contributed by atoms with Crippen LogP contribution < -0.4 is 5.73 Å². The van der Waals surface area contributed by atoms with E-state index in [0.717, 1.165) is 5.56 Å². The number of nitrogens with two attached hydrogens (primary N) is 1. The molecule has 1 rings (SSSR count). The highest BCUT2D eigenvalue weighted by atomic mass is 16.5. The van der Waals surface area contributed by atoms with Gasteiger partial charge in [0.05, 0.1) is 6.42 Å². The predicted octanol–water partition coefficient (Wildman–Crippen LogP) is 1.66. The molecule has 0 aliphatic heterocycles. The second-order valence-electron chi connectivity index (χ2n) is 3.33. The first-order valence-electron chi connectivity index (χ1n) is 5.20. The van der Waals surface area contributed by atoms with Crippen LogP contribution in [0.5, 0.6) is 0 Å². The molecule has 0 atom stereocenters. The number of amides is 2. The van der Waals surface area contributed by atoms with E-state index in [1.54, 1.807) is 0 Å². The number of urea groups is 1. The van der Waals surface area contributed by atoms with Crippen molar-refractivity contribution in [2.45, 2.75) is 19.4 Å². The first-order chi connectivity index (χ1) is 8.18. The molecule has 17 heavy (non-hydrogen) atoms. The minimum Gasteiger partial charge on any atom is -0.461 e. The summed E-state index contributed by atoms with van der Waals surface area (Å²) in [5, 5.41) is 0. The van der Waals surface area contributed by atoms with Crippen molar-refractivity contribution in [2.24, 2.45) is 10.7 Å². The highest BCUT2D eigenvalue weighted by Crippen LogP contribution is 2.02. The van der Waals surface area contributed by atoms with Crippen LogP contribution in [-0.2, 0) is 16.1 Å². The molecule has 5 nitrogen and oxygen atoms in total. The molecule has 5 heteroatoms. The van der Waals surface area contributed by atoms with Gasteiger partial charge in [0.1, 0.15) is 6.61 Å². The van der Waals surface area contributed by atoms with Crippen LogP contribution in [0.4, 0.5) is 4.79 Å². The summed E-state index contributed by atoms with van der Waals surface area (Å²) < 4.78 is 5.02. The molecule has 1 aromatic carbocycles. The van der Waals surface area contributed by atoms with Crippen molar-refractivity contribution in [3.05, 3.63) is 35.9 Å². The third kappa shape index (κ3) is 6.09. The smallest absolute Gasteiger partial charge is 0.337 e. The molecular formula is C12H14N2O3. The second-order valence-corrected chi connectivity index (χ2v) is 3.33. The van der Waals surface area contributed by atoms with E-state index in [0.29, 0.717) is 6.42 Å². The van der Waals surface area contributed by atoms with Gasteiger partial charge in [-0.2, -0.15) is 0 Å². The average Bonchev–Trinajstić information content (AvgIpc) is 2.33. The molecule has 0 aromatic heterocycles. The molecule has 0 saturated heterocycles. The lowest BCUT2D eigenvalue weighted by molar-refractivity contribution is -0.144. The molecule has 2 N–H and O–H groups in total. The van der Waals surface area contributed by atoms with Gasteiger partial charge in [-0.1, -0.05) is 30.3 Å². The molecule has 0 saturated carbocycles. The number of benzene rings is 1. The van der Waals surface area contributed by atoms with E-state index in [1.807, 2.05) is 30.3 Å². The number of carbonyl (C=O) groups excluding carboxylic acids is 2. The van der Waals surface area contributed by atoms with Gasteiger partial charge in [0.25, 0.3) is 0 Å². The minimum absolute atomic E-state index is 0.184. The molecule has 0 fully saturated rings. The van der Waals surface area contributed by atoms with Crippen LogP contribution in [0.2, 0.25) is 0 Å². The lowest BCUT2D eigenvalue weighted by Crippen LogP contribution is -2.06. The number of aliphatic imine (C=N–C) groups is 1. The van der Waals surface area contributed by atoms with E-state index in [4.69, 9.17) is 10.5 Å². The normalized spacial score (nSPS) is 10.4. The lowest BCUT2D eigenvalue weighted by Gasteiger charge is -2.03. The third-order valence-electron chi connectivity index (χ3n) is 1.94. The molecule has 90 valence electrons. The Hall–Kier alpha value is -2.17. The summed E-state index contributed by atoms with van der Waals surface area (Å²) in [6, 6.07) is 8.64. The zero-order valence-corrected chi connectivity index (χ0v) is 9.33. The molecule has 1 aromatic rings. The van der Waals surface area contributed by atoms with Gasteiger partial charge in [0.15, 0.2) is 0 Å². The number of primary amides is 1. The van der Waals surface area contributed by atoms with Crippen LogP contribution in [0.1, 0.15) is 18.4 Å². The van der Waals surface area contributed by atoms with Gasteiger partial charge in [0, 0.05) is 6.21 Å². The molecule has 0 bridgehead atoms. The molecule has 2 amide bonds. The number of nitrogens with zero attached hydrogens (tertiary/aromatic N) is 1. The highest BCUT2D eigenvalue weighted by Gasteiger charge is 2.01. The van der Waals surface area contributed by atoms with Crippen molar-refractivity contribution in [3.8, 4) is 0 Å². The average molecular weight is 234 g/mol. The van der Waals surface area contributed by atoms with E-state index in [-0.39, 0.29) is 19.0 Å². The van der Waals surface area contributed by atoms with E-state index < -0.39 is 6.03 Å². The van der Waals surface area contributed by atoms with E-state index in [9.17, 15) is 9.59 Å². The summed E-state index contributed by atoms with van der Waals surface area (Å²) in [6.45, 7) is 0.257. The maximum atomic E-state index is 11.3. The minimum atomic E-state index is -0.761. The zero-order valence-electron chi connectivity index (χ0n) is 9.33. The number of hydrogen-bond acceptors (Lipinski definition) is 3. The van der Waals surface area contributed by atoms with Crippen LogP contribution in [0.15, 0.2) is 35.3 Å². The largest absolute Gasteiger partial charge is 0.461 e. The number of hydrogen-bond donors (Lipinski definition) is 1. The van der Waals surface area contributed by atoms with E-state index >= 15 is 0 Å². The van der Waals surface area contributed by atoms with Crippen molar-refractivity contribution < 1.29 is 14.3 Å². The molecule has 0 aliphatic carbocycles. The molecule has 0 spiro atoms. The summed E-state index contributed by atoms with van der Waals surface area (Å²) >= 11 is 0. The maximum absolute atomic E-state index is 11.3. The van der Waals surface area contributed by atoms with Crippen molar-refractivity contribution in [1.29, 1.82) is 0 Å². The van der Waals surface area contributed by atoms with Crippen LogP contribution in [0.3, 0.4) is 0 Å². The SMILES string of the molecule is NC(=O)N=CCCC(=O)OCc1ccccc1. The summed E-state index contributed by atoms with van der Waals surface area (Å²) in [5.41, 5.74) is 5.73. The predicted molar refractivity (Wildman–Crippen MR) is 63.5 cm³/mol. The summed E-state index contributed by atoms with van der Waals surface area (Å²) in [4.78, 5) is 24.8. The van der Waals surface area contributed by atoms with Gasteiger partial charge in [0.2, 0.25) is 0 Å². The van der Waals surface area contributed by atoms with Crippen LogP contribution >= 0.6 is 0 Å². The van der Waals surface area contributed by atoms with Crippen LogP contribution in [0.25, 0.3) is 0 Å². The van der Waals surface area contributed by atoms with Crippen molar-refractivity contribution in [1.82, 2.24) is 0 Å². The fourth-order valence-electron chi connectivity index (χ4n) is 1.15. The Morgan fingerprint density at radius 3 is 2.65 bits per heavy atom. The Balaban J connectivity index is 2.20. The topological polar surface area (TPSA) is 81.8 Å². The monoisotopic (exact) mass is 234 g/mol. The summed E-state index contributed by atoms with van der Waals surface area (Å²) in [7, 11) is 0. The van der Waals surface area contributed by atoms with Gasteiger partial charge >= 0.3 is 12.0 Å². The maximum Gasteiger partial charge on any atom is 0.337 e. The first-order valence-corrected chi connectivity index (χ1v) is 5.20. The second kappa shape index (κ2) is 7.16. The first kappa shape index (κ1) is 12.9. The van der Waals surface area contributed by atoms with Gasteiger partial charge in [-0.15, -0.1) is 0 Å². The van der Waals surface area contributed by atoms with Gasteiger partial charge in [-0.3, -0.25) is 4.79 Å². The number of esters is 1. The molecule has 0 radical (unpaired) electrons. The summed E-state index contributed by atoms with van der Waals surface area (Å²) in [5.74, 6) is -0.329. The molecule has 0 aliphatic rings. The van der Waals surface area contributed by atoms with Gasteiger partial charge in [-0.05, 0) is 12.0 Å². The van der Waals surface area contributed by atoms with Crippen molar-refractivity contribution in [3.63, 3.8) is 0 Å². The highest BCUT2D eigenvalue weighted by molar-refractivity contribution is 5.83. The van der Waals surface area contributed by atoms with E-state index in [1.165, 1.54) is 6.21 Å². The number of rotatable bonds is 5. The van der Waals surface area contributed by atoms with Gasteiger partial charge in [-0.25, -0.2) is 9.79 Å². The van der Waals surface area contributed by atoms with Crippen LogP contribution in [-0.4, -0.2) is 18.2 Å². The van der Waals surface area contributed by atoms with Crippen LogP contribution in [0, 0.1) is 0 Å². The Bertz CT molecular complexity index is 401. The fraction of sp³-hybridized carbons (Fsp3) is 0.250. The lowest BCUT2D eigenvalue weighted by atomic mass is 10.2. The summed E-state index contributed by atoms with van der Waals surface area (Å²) in [6.07, 6.45) is 1.84. The third-order valence-corrected chi connectivity index (χ3v) is 1.94. The van der Waals surface area contributed by atoms with Crippen molar-refractivity contribution in [2.75, 3.05) is 0 Å². The zero-order chi connectivity index (χ0) is 12.5. The fourth-order valence-corrected chi connectivity index (χ4v) is 1.15. The van der Waals surface area contributed by atoms with Crippen molar-refractivity contribution >= 4 is 18.2 Å². The standard InChI is InChI=1S/C12H14N2O3/c13-12(16)14-8-4-7-11(15)17-9-10-5-2-1-3-6-10/h1-3,5-6,8H,4,7,9H2,(H2,13,16). The molecular weight excluding hydrogens is 220 g/mol. The molecule has 0 unspecified atom stereocenters. The molecule has 0 heterocycles. The Labute approximate surface area is 99.3 Å².